The lowest BCUT2D eigenvalue weighted by Crippen LogP contribution is -2.27. The number of rotatable bonds is 7. The van der Waals surface area contributed by atoms with E-state index in [1.807, 2.05) is 25.1 Å². The van der Waals surface area contributed by atoms with Crippen molar-refractivity contribution in [2.45, 2.75) is 13.5 Å². The summed E-state index contributed by atoms with van der Waals surface area (Å²) in [6.07, 6.45) is 1.76. The first kappa shape index (κ1) is 27.6. The third-order valence-electron chi connectivity index (χ3n) is 4.95. The summed E-state index contributed by atoms with van der Waals surface area (Å²) in [5.74, 6) is 0.805. The Morgan fingerprint density at radius 2 is 1.67 bits per heavy atom. The summed E-state index contributed by atoms with van der Waals surface area (Å²) < 4.78 is 12.9. The van der Waals surface area contributed by atoms with Crippen LogP contribution in [0.1, 0.15) is 18.1 Å². The quantitative estimate of drug-likeness (QED) is 0.186. The van der Waals surface area contributed by atoms with Crippen LogP contribution < -0.4 is 14.4 Å². The smallest absolute Gasteiger partial charge is 0.270 e. The van der Waals surface area contributed by atoms with E-state index in [4.69, 9.17) is 68.1 Å². The summed E-state index contributed by atoms with van der Waals surface area (Å²) in [6.45, 7) is 2.57. The summed E-state index contributed by atoms with van der Waals surface area (Å²) in [4.78, 5) is 15.1. The molecule has 0 saturated carbocycles. The van der Waals surface area contributed by atoms with Crippen LogP contribution in [0.3, 0.4) is 0 Å². The largest absolute Gasteiger partial charge is 0.490 e. The van der Waals surface area contributed by atoms with Crippen molar-refractivity contribution in [1.29, 1.82) is 0 Å². The molecule has 11 heteroatoms. The molecule has 0 unspecified atom stereocenters. The third-order valence-corrected chi connectivity index (χ3v) is 8.32. The molecule has 1 fully saturated rings. The lowest BCUT2D eigenvalue weighted by molar-refractivity contribution is -0.113. The van der Waals surface area contributed by atoms with E-state index in [2.05, 4.69) is 15.9 Å². The van der Waals surface area contributed by atoms with Crippen molar-refractivity contribution in [1.82, 2.24) is 0 Å². The number of thioether (sulfide) groups is 1. The molecule has 1 aliphatic heterocycles. The first-order valence-corrected chi connectivity index (χ1v) is 14.0. The van der Waals surface area contributed by atoms with Gasteiger partial charge in [0.1, 0.15) is 6.61 Å². The van der Waals surface area contributed by atoms with Crippen LogP contribution in [0.15, 0.2) is 57.9 Å². The molecule has 4 nitrogen and oxygen atoms in total. The van der Waals surface area contributed by atoms with E-state index in [1.165, 1.54) is 16.7 Å². The molecule has 0 atom stereocenters. The second kappa shape index (κ2) is 11.9. The molecule has 0 radical (unpaired) electrons. The van der Waals surface area contributed by atoms with Crippen LogP contribution in [0.25, 0.3) is 6.08 Å². The minimum absolute atomic E-state index is 0.252. The van der Waals surface area contributed by atoms with Gasteiger partial charge in [-0.25, -0.2) is 0 Å². The SMILES string of the molecule is CCOc1cc(/C=C2\SC(=S)N(c3ccc(Cl)c(Cl)c3)C2=O)cc(Br)c1OCc1ccc(Cl)c(Cl)c1. The predicted molar refractivity (Wildman–Crippen MR) is 158 cm³/mol. The fraction of sp³-hybridized carbons (Fsp3) is 0.120. The third kappa shape index (κ3) is 6.16. The molecule has 1 amide bonds. The zero-order valence-corrected chi connectivity index (χ0v) is 24.7. The fourth-order valence-corrected chi connectivity index (χ4v) is 5.81. The van der Waals surface area contributed by atoms with E-state index in [-0.39, 0.29) is 12.5 Å². The lowest BCUT2D eigenvalue weighted by Gasteiger charge is -2.15. The standard InChI is InChI=1S/C25H16BrCl4NO3S2/c1-2-33-21-9-14(7-16(26)23(21)34-12-13-3-5-17(27)19(29)8-13)10-22-24(32)31(25(35)36-22)15-4-6-18(28)20(30)11-15/h3-11H,2,12H2,1H3/b22-10-. The highest BCUT2D eigenvalue weighted by Crippen LogP contribution is 2.41. The Kier molecular flexibility index (Phi) is 9.15. The monoisotopic (exact) mass is 661 g/mol. The fourth-order valence-electron chi connectivity index (χ4n) is 3.33. The summed E-state index contributed by atoms with van der Waals surface area (Å²) in [5, 5.41) is 1.67. The van der Waals surface area contributed by atoms with Gasteiger partial charge >= 0.3 is 0 Å². The number of carbonyl (C=O) groups is 1. The van der Waals surface area contributed by atoms with Gasteiger partial charge in [0.15, 0.2) is 15.8 Å². The highest BCUT2D eigenvalue weighted by atomic mass is 79.9. The minimum Gasteiger partial charge on any atom is -0.490 e. The molecule has 0 aliphatic carbocycles. The summed E-state index contributed by atoms with van der Waals surface area (Å²) >= 11 is 34.5. The van der Waals surface area contributed by atoms with Crippen LogP contribution in [-0.2, 0) is 11.4 Å². The highest BCUT2D eigenvalue weighted by molar-refractivity contribution is 9.10. The van der Waals surface area contributed by atoms with Crippen LogP contribution >= 0.6 is 86.3 Å². The first-order chi connectivity index (χ1) is 17.2. The van der Waals surface area contributed by atoms with Gasteiger partial charge in [0.2, 0.25) is 0 Å². The molecule has 0 aromatic heterocycles. The average Bonchev–Trinajstić information content (AvgIpc) is 3.10. The molecule has 1 heterocycles. The highest BCUT2D eigenvalue weighted by Gasteiger charge is 2.33. The van der Waals surface area contributed by atoms with Gasteiger partial charge in [-0.3, -0.25) is 9.69 Å². The van der Waals surface area contributed by atoms with E-state index in [0.717, 1.165) is 11.1 Å². The van der Waals surface area contributed by atoms with E-state index in [0.29, 0.717) is 57.6 Å². The van der Waals surface area contributed by atoms with E-state index >= 15 is 0 Å². The first-order valence-electron chi connectivity index (χ1n) is 10.4. The van der Waals surface area contributed by atoms with Gasteiger partial charge in [-0.05, 0) is 82.5 Å². The van der Waals surface area contributed by atoms with Gasteiger partial charge in [-0.2, -0.15) is 0 Å². The van der Waals surface area contributed by atoms with Gasteiger partial charge in [0.25, 0.3) is 5.91 Å². The van der Waals surface area contributed by atoms with Gasteiger partial charge < -0.3 is 9.47 Å². The van der Waals surface area contributed by atoms with Crippen LogP contribution in [0.2, 0.25) is 20.1 Å². The summed E-state index contributed by atoms with van der Waals surface area (Å²) in [5.41, 5.74) is 2.15. The van der Waals surface area contributed by atoms with Gasteiger partial charge in [-0.1, -0.05) is 76.4 Å². The molecule has 0 spiro atoms. The second-order valence-corrected chi connectivity index (χ2v) is 11.6. The van der Waals surface area contributed by atoms with Crippen LogP contribution in [-0.4, -0.2) is 16.8 Å². The molecule has 1 aliphatic rings. The number of thiocarbonyl (C=S) groups is 1. The number of carbonyl (C=O) groups excluding carboxylic acids is 1. The molecule has 186 valence electrons. The molecule has 4 rings (SSSR count). The average molecular weight is 664 g/mol. The number of amides is 1. The zero-order valence-electron chi connectivity index (χ0n) is 18.5. The maximum absolute atomic E-state index is 13.2. The Labute approximate surface area is 246 Å². The number of ether oxygens (including phenoxy) is 2. The molecule has 0 N–H and O–H groups in total. The van der Waals surface area contributed by atoms with Crippen molar-refractivity contribution in [3.63, 3.8) is 0 Å². The molecule has 36 heavy (non-hydrogen) atoms. The Morgan fingerprint density at radius 1 is 0.972 bits per heavy atom. The zero-order chi connectivity index (χ0) is 26.0. The predicted octanol–water partition coefficient (Wildman–Crippen LogP) is 9.45. The maximum atomic E-state index is 13.2. The van der Waals surface area contributed by atoms with Gasteiger partial charge in [0, 0.05) is 0 Å². The second-order valence-electron chi connectivity index (χ2n) is 7.42. The molecular weight excluding hydrogens is 648 g/mol. The van der Waals surface area contributed by atoms with Crippen molar-refractivity contribution in [3.05, 3.63) is 89.1 Å². The van der Waals surface area contributed by atoms with Crippen LogP contribution in [0.5, 0.6) is 11.5 Å². The van der Waals surface area contributed by atoms with Gasteiger partial charge in [-0.15, -0.1) is 0 Å². The number of hydrogen-bond acceptors (Lipinski definition) is 5. The number of benzene rings is 3. The molecule has 0 bridgehead atoms. The maximum Gasteiger partial charge on any atom is 0.270 e. The van der Waals surface area contributed by atoms with Crippen molar-refractivity contribution in [3.8, 4) is 11.5 Å². The molecule has 3 aromatic carbocycles. The number of hydrogen-bond donors (Lipinski definition) is 0. The lowest BCUT2D eigenvalue weighted by atomic mass is 10.1. The van der Waals surface area contributed by atoms with E-state index in [9.17, 15) is 4.79 Å². The van der Waals surface area contributed by atoms with Crippen molar-refractivity contribution < 1.29 is 14.3 Å². The van der Waals surface area contributed by atoms with Gasteiger partial charge in [0.05, 0.1) is 41.8 Å². The van der Waals surface area contributed by atoms with Crippen molar-refractivity contribution in [2.24, 2.45) is 0 Å². The van der Waals surface area contributed by atoms with E-state index < -0.39 is 0 Å². The normalized spacial score (nSPS) is 14.6. The summed E-state index contributed by atoms with van der Waals surface area (Å²) in [6, 6.07) is 13.9. The Morgan fingerprint density at radius 3 is 2.33 bits per heavy atom. The van der Waals surface area contributed by atoms with Crippen molar-refractivity contribution >= 4 is 108 Å². The Balaban J connectivity index is 1.60. The Bertz CT molecular complexity index is 1400. The molecule has 1 saturated heterocycles. The number of anilines is 1. The summed E-state index contributed by atoms with van der Waals surface area (Å²) in [7, 11) is 0. The topological polar surface area (TPSA) is 38.8 Å². The number of halogens is 5. The van der Waals surface area contributed by atoms with E-state index in [1.54, 1.807) is 36.4 Å². The number of nitrogens with zero attached hydrogens (tertiary/aromatic N) is 1. The molecular formula is C25H16BrCl4NO3S2. The Hall–Kier alpha value is -1.45. The van der Waals surface area contributed by atoms with Crippen LogP contribution in [0, 0.1) is 0 Å². The van der Waals surface area contributed by atoms with Crippen LogP contribution in [0.4, 0.5) is 5.69 Å². The minimum atomic E-state index is -0.252. The van der Waals surface area contributed by atoms with Crippen molar-refractivity contribution in [2.75, 3.05) is 11.5 Å². The molecule has 3 aromatic rings.